The number of thiophene rings is 1. The first-order valence-corrected chi connectivity index (χ1v) is 7.99. The minimum Gasteiger partial charge on any atom is -0.298 e. The highest BCUT2D eigenvalue weighted by molar-refractivity contribution is 7.17. The number of carbonyl (C=O) groups is 1. The molecule has 0 aliphatic heterocycles. The number of aromatic nitrogens is 2. The van der Waals surface area contributed by atoms with Gasteiger partial charge in [-0.25, -0.2) is 4.98 Å². The van der Waals surface area contributed by atoms with E-state index in [1.165, 1.54) is 29.2 Å². The second-order valence-electron chi connectivity index (χ2n) is 5.08. The van der Waals surface area contributed by atoms with Crippen molar-refractivity contribution >= 4 is 38.9 Å². The maximum atomic E-state index is 12.7. The fourth-order valence-electron chi connectivity index (χ4n) is 2.26. The first kappa shape index (κ1) is 14.9. The average Bonchev–Trinajstić information content (AvgIpc) is 2.92. The molecule has 4 nitrogen and oxygen atoms in total. The zero-order valence-electron chi connectivity index (χ0n) is 12.0. The Morgan fingerprint density at radius 2 is 2.00 bits per heavy atom. The molecule has 1 aromatic carbocycles. The number of ketones is 1. The highest BCUT2D eigenvalue weighted by Gasteiger charge is 2.17. The van der Waals surface area contributed by atoms with Crippen molar-refractivity contribution < 1.29 is 4.79 Å². The molecule has 2 heterocycles. The summed E-state index contributed by atoms with van der Waals surface area (Å²) in [7, 11) is 0. The van der Waals surface area contributed by atoms with Crippen LogP contribution in [0.15, 0.2) is 40.8 Å². The Balaban J connectivity index is 2.25. The smallest absolute Gasteiger partial charge is 0.263 e. The van der Waals surface area contributed by atoms with Crippen LogP contribution in [0.3, 0.4) is 0 Å². The second kappa shape index (κ2) is 5.66. The third-order valence-corrected chi connectivity index (χ3v) is 4.82. The number of halogens is 1. The normalized spacial score (nSPS) is 12.5. The number of rotatable bonds is 3. The first-order chi connectivity index (χ1) is 10.5. The van der Waals surface area contributed by atoms with Crippen molar-refractivity contribution in [2.75, 3.05) is 0 Å². The van der Waals surface area contributed by atoms with Gasteiger partial charge in [-0.15, -0.1) is 11.3 Å². The van der Waals surface area contributed by atoms with Crippen LogP contribution in [-0.2, 0) is 4.79 Å². The Morgan fingerprint density at radius 1 is 1.32 bits per heavy atom. The molecular formula is C16H13ClN2O2S. The molecule has 0 spiro atoms. The molecule has 6 heteroatoms. The highest BCUT2D eigenvalue weighted by Crippen LogP contribution is 2.31. The first-order valence-electron chi connectivity index (χ1n) is 6.73. The molecule has 1 unspecified atom stereocenters. The number of fused-ring (bicyclic) bond motifs is 1. The van der Waals surface area contributed by atoms with Gasteiger partial charge in [-0.1, -0.05) is 23.7 Å². The van der Waals surface area contributed by atoms with Gasteiger partial charge in [0.1, 0.15) is 4.83 Å². The molecular weight excluding hydrogens is 320 g/mol. The van der Waals surface area contributed by atoms with E-state index in [9.17, 15) is 9.59 Å². The number of Topliss-reactive ketones (excluding diaryl/α,β-unsaturated/α-hetero) is 1. The number of hydrogen-bond donors (Lipinski definition) is 0. The molecule has 0 saturated heterocycles. The summed E-state index contributed by atoms with van der Waals surface area (Å²) in [5.74, 6) is -0.0773. The minimum absolute atomic E-state index is 0.0773. The maximum absolute atomic E-state index is 12.7. The van der Waals surface area contributed by atoms with E-state index in [1.807, 2.05) is 17.5 Å². The summed E-state index contributed by atoms with van der Waals surface area (Å²) in [5, 5.41) is 3.09. The van der Waals surface area contributed by atoms with Gasteiger partial charge in [0.15, 0.2) is 5.78 Å². The lowest BCUT2D eigenvalue weighted by molar-refractivity contribution is -0.119. The Kier molecular flexibility index (Phi) is 3.85. The van der Waals surface area contributed by atoms with Crippen LogP contribution < -0.4 is 5.56 Å². The molecule has 0 saturated carbocycles. The van der Waals surface area contributed by atoms with Crippen LogP contribution in [0.2, 0.25) is 5.02 Å². The standard InChI is InChI=1S/C16H13ClN2O2S/c1-9(10(2)20)19-8-18-15-14(16(19)21)13(7-22-15)11-3-5-12(17)6-4-11/h3-9H,1-2H3. The molecule has 0 aliphatic carbocycles. The van der Waals surface area contributed by atoms with Gasteiger partial charge < -0.3 is 0 Å². The predicted octanol–water partition coefficient (Wildman–Crippen LogP) is 3.93. The summed E-state index contributed by atoms with van der Waals surface area (Å²) in [6, 6.07) is 6.78. The third kappa shape index (κ3) is 2.46. The Bertz CT molecular complexity index is 912. The monoisotopic (exact) mass is 332 g/mol. The lowest BCUT2D eigenvalue weighted by atomic mass is 10.1. The number of carbonyl (C=O) groups excluding carboxylic acids is 1. The summed E-state index contributed by atoms with van der Waals surface area (Å²) in [6.07, 6.45) is 1.44. The molecule has 1 atom stereocenters. The van der Waals surface area contributed by atoms with E-state index >= 15 is 0 Å². The molecule has 3 rings (SSSR count). The fraction of sp³-hybridized carbons (Fsp3) is 0.188. The molecule has 0 aliphatic rings. The van der Waals surface area contributed by atoms with E-state index in [0.717, 1.165) is 11.1 Å². The summed E-state index contributed by atoms with van der Waals surface area (Å²) in [5.41, 5.74) is 1.53. The van der Waals surface area contributed by atoms with Crippen LogP contribution in [0.5, 0.6) is 0 Å². The molecule has 22 heavy (non-hydrogen) atoms. The zero-order valence-corrected chi connectivity index (χ0v) is 13.6. The summed E-state index contributed by atoms with van der Waals surface area (Å²) >= 11 is 7.32. The van der Waals surface area contributed by atoms with Crippen molar-refractivity contribution in [3.05, 3.63) is 51.3 Å². The van der Waals surface area contributed by atoms with Gasteiger partial charge >= 0.3 is 0 Å². The lowest BCUT2D eigenvalue weighted by Gasteiger charge is -2.11. The molecule has 2 aromatic heterocycles. The van der Waals surface area contributed by atoms with E-state index < -0.39 is 6.04 Å². The Hall–Kier alpha value is -1.98. The molecule has 0 radical (unpaired) electrons. The molecule has 0 fully saturated rings. The van der Waals surface area contributed by atoms with Crippen molar-refractivity contribution in [1.29, 1.82) is 0 Å². The van der Waals surface area contributed by atoms with Gasteiger partial charge in [0, 0.05) is 16.0 Å². The van der Waals surface area contributed by atoms with E-state index in [-0.39, 0.29) is 11.3 Å². The van der Waals surface area contributed by atoms with Crippen molar-refractivity contribution in [2.24, 2.45) is 0 Å². The zero-order chi connectivity index (χ0) is 15.9. The average molecular weight is 333 g/mol. The van der Waals surface area contributed by atoms with Gasteiger partial charge in [0.05, 0.1) is 17.8 Å². The highest BCUT2D eigenvalue weighted by atomic mass is 35.5. The summed E-state index contributed by atoms with van der Waals surface area (Å²) in [4.78, 5) is 29.3. The van der Waals surface area contributed by atoms with E-state index in [0.29, 0.717) is 15.2 Å². The molecule has 0 bridgehead atoms. The SMILES string of the molecule is CC(=O)C(C)n1cnc2scc(-c3ccc(Cl)cc3)c2c1=O. The van der Waals surface area contributed by atoms with Crippen LogP contribution in [0.25, 0.3) is 21.3 Å². The van der Waals surface area contributed by atoms with Crippen molar-refractivity contribution in [1.82, 2.24) is 9.55 Å². The largest absolute Gasteiger partial charge is 0.298 e. The second-order valence-corrected chi connectivity index (χ2v) is 6.37. The van der Waals surface area contributed by atoms with Gasteiger partial charge in [-0.3, -0.25) is 14.2 Å². The van der Waals surface area contributed by atoms with Gasteiger partial charge in [-0.2, -0.15) is 0 Å². The predicted molar refractivity (Wildman–Crippen MR) is 89.7 cm³/mol. The maximum Gasteiger partial charge on any atom is 0.263 e. The van der Waals surface area contributed by atoms with E-state index in [4.69, 9.17) is 11.6 Å². The molecule has 112 valence electrons. The molecule has 0 N–H and O–H groups in total. The van der Waals surface area contributed by atoms with Gasteiger partial charge in [-0.05, 0) is 31.5 Å². The quantitative estimate of drug-likeness (QED) is 0.730. The minimum atomic E-state index is -0.526. The summed E-state index contributed by atoms with van der Waals surface area (Å²) < 4.78 is 1.39. The van der Waals surface area contributed by atoms with E-state index in [1.54, 1.807) is 19.1 Å². The van der Waals surface area contributed by atoms with Gasteiger partial charge in [0.25, 0.3) is 5.56 Å². The number of nitrogens with zero attached hydrogens (tertiary/aromatic N) is 2. The Labute approximate surface area is 136 Å². The van der Waals surface area contributed by atoms with Crippen molar-refractivity contribution in [2.45, 2.75) is 19.9 Å². The fourth-order valence-corrected chi connectivity index (χ4v) is 3.29. The van der Waals surface area contributed by atoms with Crippen LogP contribution in [0.4, 0.5) is 0 Å². The molecule has 3 aromatic rings. The third-order valence-electron chi connectivity index (χ3n) is 3.68. The molecule has 0 amide bonds. The summed E-state index contributed by atoms with van der Waals surface area (Å²) in [6.45, 7) is 3.17. The topological polar surface area (TPSA) is 52.0 Å². The van der Waals surface area contributed by atoms with Crippen LogP contribution in [0.1, 0.15) is 19.9 Å². The van der Waals surface area contributed by atoms with Crippen molar-refractivity contribution in [3.8, 4) is 11.1 Å². The Morgan fingerprint density at radius 3 is 2.64 bits per heavy atom. The number of hydrogen-bond acceptors (Lipinski definition) is 4. The van der Waals surface area contributed by atoms with Crippen LogP contribution in [0, 0.1) is 0 Å². The van der Waals surface area contributed by atoms with Crippen LogP contribution in [-0.4, -0.2) is 15.3 Å². The van der Waals surface area contributed by atoms with Gasteiger partial charge in [0.2, 0.25) is 0 Å². The number of benzene rings is 1. The lowest BCUT2D eigenvalue weighted by Crippen LogP contribution is -2.27. The van der Waals surface area contributed by atoms with Crippen molar-refractivity contribution in [3.63, 3.8) is 0 Å². The van der Waals surface area contributed by atoms with E-state index in [2.05, 4.69) is 4.98 Å². The van der Waals surface area contributed by atoms with Crippen LogP contribution >= 0.6 is 22.9 Å².